The zero-order chi connectivity index (χ0) is 12.3. The van der Waals surface area contributed by atoms with Crippen LogP contribution < -0.4 is 5.73 Å². The molecule has 0 aliphatic heterocycles. The topological polar surface area (TPSA) is 38.9 Å². The number of benzene rings is 1. The molecule has 0 saturated heterocycles. The van der Waals surface area contributed by atoms with Gasteiger partial charge in [-0.3, -0.25) is 4.98 Å². The van der Waals surface area contributed by atoms with E-state index in [0.717, 1.165) is 22.7 Å². The molecule has 0 radical (unpaired) electrons. The number of fused-ring (bicyclic) bond motifs is 1. The van der Waals surface area contributed by atoms with E-state index in [2.05, 4.69) is 29.2 Å². The Kier molecular flexibility index (Phi) is 4.02. The Hall–Kier alpha value is -1.06. The monoisotopic (exact) mass is 246 g/mol. The highest BCUT2D eigenvalue weighted by Gasteiger charge is 2.04. The maximum absolute atomic E-state index is 5.77. The van der Waals surface area contributed by atoms with Gasteiger partial charge in [-0.15, -0.1) is 0 Å². The third kappa shape index (κ3) is 3.20. The zero-order valence-corrected chi connectivity index (χ0v) is 11.1. The lowest BCUT2D eigenvalue weighted by Crippen LogP contribution is -2.17. The summed E-state index contributed by atoms with van der Waals surface area (Å²) in [4.78, 5) is 4.55. The predicted molar refractivity (Wildman–Crippen MR) is 76.3 cm³/mol. The van der Waals surface area contributed by atoms with Crippen LogP contribution in [0.2, 0.25) is 0 Å². The summed E-state index contributed by atoms with van der Waals surface area (Å²) in [6.07, 6.45) is 0. The fourth-order valence-electron chi connectivity index (χ4n) is 1.87. The van der Waals surface area contributed by atoms with Crippen LogP contribution in [0.15, 0.2) is 30.3 Å². The number of para-hydroxylation sites is 1. The highest BCUT2D eigenvalue weighted by atomic mass is 32.2. The first-order valence-corrected chi connectivity index (χ1v) is 7.01. The summed E-state index contributed by atoms with van der Waals surface area (Å²) >= 11 is 1.89. The highest BCUT2D eigenvalue weighted by Crippen LogP contribution is 2.22. The molecule has 0 saturated carbocycles. The van der Waals surface area contributed by atoms with Crippen molar-refractivity contribution in [2.75, 3.05) is 5.75 Å². The molecule has 2 rings (SSSR count). The number of aryl methyl sites for hydroxylation is 1. The first-order chi connectivity index (χ1) is 8.16. The minimum Gasteiger partial charge on any atom is -0.327 e. The lowest BCUT2D eigenvalue weighted by atomic mass is 10.1. The van der Waals surface area contributed by atoms with E-state index in [1.54, 1.807) is 0 Å². The molecule has 0 aliphatic carbocycles. The average molecular weight is 246 g/mol. The maximum atomic E-state index is 5.77. The van der Waals surface area contributed by atoms with Gasteiger partial charge in [0.25, 0.3) is 0 Å². The van der Waals surface area contributed by atoms with Crippen molar-refractivity contribution >= 4 is 22.7 Å². The second kappa shape index (κ2) is 5.52. The van der Waals surface area contributed by atoms with E-state index < -0.39 is 0 Å². The SMILES string of the molecule is Cc1cc(CSCC(C)N)c2ccccc2n1. The van der Waals surface area contributed by atoms with Gasteiger partial charge in [-0.25, -0.2) is 0 Å². The van der Waals surface area contributed by atoms with E-state index in [1.165, 1.54) is 10.9 Å². The van der Waals surface area contributed by atoms with Crippen molar-refractivity contribution in [3.05, 3.63) is 41.6 Å². The van der Waals surface area contributed by atoms with Gasteiger partial charge in [0.2, 0.25) is 0 Å². The van der Waals surface area contributed by atoms with Crippen LogP contribution >= 0.6 is 11.8 Å². The first kappa shape index (κ1) is 12.4. The van der Waals surface area contributed by atoms with E-state index in [0.29, 0.717) is 0 Å². The van der Waals surface area contributed by atoms with Gasteiger partial charge in [0, 0.05) is 28.6 Å². The van der Waals surface area contributed by atoms with Gasteiger partial charge in [0.15, 0.2) is 0 Å². The van der Waals surface area contributed by atoms with Crippen LogP contribution in [0.5, 0.6) is 0 Å². The molecule has 1 aromatic heterocycles. The smallest absolute Gasteiger partial charge is 0.0708 e. The number of hydrogen-bond acceptors (Lipinski definition) is 3. The predicted octanol–water partition coefficient (Wildman–Crippen LogP) is 3.12. The number of nitrogens with two attached hydrogens (primary N) is 1. The molecular formula is C14H18N2S. The van der Waals surface area contributed by atoms with E-state index in [1.807, 2.05) is 31.7 Å². The molecule has 0 amide bonds. The number of rotatable bonds is 4. The Labute approximate surface area is 107 Å². The molecule has 90 valence electrons. The van der Waals surface area contributed by atoms with Crippen molar-refractivity contribution in [2.45, 2.75) is 25.6 Å². The molecule has 1 heterocycles. The molecule has 0 aliphatic rings. The summed E-state index contributed by atoms with van der Waals surface area (Å²) in [6.45, 7) is 4.09. The molecule has 0 bridgehead atoms. The molecule has 2 N–H and O–H groups in total. The van der Waals surface area contributed by atoms with Crippen molar-refractivity contribution in [2.24, 2.45) is 5.73 Å². The quantitative estimate of drug-likeness (QED) is 0.901. The van der Waals surface area contributed by atoms with Crippen LogP contribution in [0.25, 0.3) is 10.9 Å². The summed E-state index contributed by atoms with van der Waals surface area (Å²) in [5.41, 5.74) is 9.30. The van der Waals surface area contributed by atoms with Crippen molar-refractivity contribution in [3.63, 3.8) is 0 Å². The van der Waals surface area contributed by atoms with Gasteiger partial charge >= 0.3 is 0 Å². The minimum atomic E-state index is 0.259. The molecule has 1 unspecified atom stereocenters. The molecule has 3 heteroatoms. The van der Waals surface area contributed by atoms with E-state index in [4.69, 9.17) is 5.73 Å². The minimum absolute atomic E-state index is 0.259. The van der Waals surface area contributed by atoms with Crippen LogP contribution in [0, 0.1) is 6.92 Å². The number of aromatic nitrogens is 1. The van der Waals surface area contributed by atoms with Crippen LogP contribution in [-0.4, -0.2) is 16.8 Å². The largest absolute Gasteiger partial charge is 0.327 e. The summed E-state index contributed by atoms with van der Waals surface area (Å²) in [6, 6.07) is 10.8. The van der Waals surface area contributed by atoms with Gasteiger partial charge in [-0.1, -0.05) is 18.2 Å². The molecule has 2 aromatic rings. The van der Waals surface area contributed by atoms with Crippen molar-refractivity contribution in [3.8, 4) is 0 Å². The van der Waals surface area contributed by atoms with Gasteiger partial charge in [0.1, 0.15) is 0 Å². The van der Waals surface area contributed by atoms with Gasteiger partial charge in [-0.2, -0.15) is 11.8 Å². The number of thioether (sulfide) groups is 1. The second-order valence-corrected chi connectivity index (χ2v) is 5.46. The molecule has 17 heavy (non-hydrogen) atoms. The maximum Gasteiger partial charge on any atom is 0.0708 e. The molecule has 1 aromatic carbocycles. The summed E-state index contributed by atoms with van der Waals surface area (Å²) < 4.78 is 0. The van der Waals surface area contributed by atoms with Crippen LogP contribution in [0.3, 0.4) is 0 Å². The fourth-order valence-corrected chi connectivity index (χ4v) is 2.82. The van der Waals surface area contributed by atoms with Crippen LogP contribution in [0.1, 0.15) is 18.2 Å². The van der Waals surface area contributed by atoms with E-state index in [-0.39, 0.29) is 6.04 Å². The Morgan fingerprint density at radius 1 is 1.35 bits per heavy atom. The van der Waals surface area contributed by atoms with Gasteiger partial charge < -0.3 is 5.73 Å². The van der Waals surface area contributed by atoms with Crippen LogP contribution in [0.4, 0.5) is 0 Å². The summed E-state index contributed by atoms with van der Waals surface area (Å²) in [5.74, 6) is 2.00. The normalized spacial score (nSPS) is 12.9. The average Bonchev–Trinajstić information content (AvgIpc) is 2.28. The number of hydrogen-bond donors (Lipinski definition) is 1. The van der Waals surface area contributed by atoms with Crippen LogP contribution in [-0.2, 0) is 5.75 Å². The first-order valence-electron chi connectivity index (χ1n) is 5.85. The van der Waals surface area contributed by atoms with Gasteiger partial charge in [0.05, 0.1) is 5.52 Å². The highest BCUT2D eigenvalue weighted by molar-refractivity contribution is 7.98. The van der Waals surface area contributed by atoms with Crippen molar-refractivity contribution in [1.29, 1.82) is 0 Å². The summed E-state index contributed by atoms with van der Waals surface area (Å²) in [5, 5.41) is 1.26. The van der Waals surface area contributed by atoms with E-state index >= 15 is 0 Å². The lowest BCUT2D eigenvalue weighted by Gasteiger charge is -2.09. The molecule has 2 nitrogen and oxygen atoms in total. The molecule has 0 spiro atoms. The third-order valence-corrected chi connectivity index (χ3v) is 3.84. The molecule has 0 fully saturated rings. The van der Waals surface area contributed by atoms with E-state index in [9.17, 15) is 0 Å². The fraction of sp³-hybridized carbons (Fsp3) is 0.357. The van der Waals surface area contributed by atoms with Crippen molar-refractivity contribution in [1.82, 2.24) is 4.98 Å². The van der Waals surface area contributed by atoms with Crippen molar-refractivity contribution < 1.29 is 0 Å². The Morgan fingerprint density at radius 3 is 2.88 bits per heavy atom. The Balaban J connectivity index is 2.26. The van der Waals surface area contributed by atoms with Gasteiger partial charge in [-0.05, 0) is 31.5 Å². The molecular weight excluding hydrogens is 228 g/mol. The number of nitrogens with zero attached hydrogens (tertiary/aromatic N) is 1. The zero-order valence-electron chi connectivity index (χ0n) is 10.3. The molecule has 1 atom stereocenters. The lowest BCUT2D eigenvalue weighted by molar-refractivity contribution is 0.847. The Bertz CT molecular complexity index is 509. The third-order valence-electron chi connectivity index (χ3n) is 2.57. The number of pyridine rings is 1. The standard InChI is InChI=1S/C14H18N2S/c1-10(15)8-17-9-12-7-11(2)16-14-6-4-3-5-13(12)14/h3-7,10H,8-9,15H2,1-2H3. The summed E-state index contributed by atoms with van der Waals surface area (Å²) in [7, 11) is 0. The Morgan fingerprint density at radius 2 is 2.12 bits per heavy atom. The second-order valence-electron chi connectivity index (χ2n) is 4.43.